The maximum Gasteiger partial charge on any atom is 0.479 e. The van der Waals surface area contributed by atoms with Crippen molar-refractivity contribution >= 4 is 32.5 Å². The summed E-state index contributed by atoms with van der Waals surface area (Å²) in [5.74, 6) is -0.185. The van der Waals surface area contributed by atoms with Gasteiger partial charge in [-0.2, -0.15) is 4.98 Å². The number of aromatic amines is 1. The zero-order valence-corrected chi connectivity index (χ0v) is 18.9. The van der Waals surface area contributed by atoms with Crippen molar-refractivity contribution in [3.63, 3.8) is 0 Å². The van der Waals surface area contributed by atoms with Gasteiger partial charge < -0.3 is 34.8 Å². The van der Waals surface area contributed by atoms with Crippen molar-refractivity contribution in [1.29, 1.82) is 0 Å². The number of nitrogens with one attached hydrogen (secondary N) is 1. The Morgan fingerprint density at radius 2 is 2.06 bits per heavy atom. The number of aliphatic hydroxyl groups excluding tert-OH is 1. The van der Waals surface area contributed by atoms with Crippen molar-refractivity contribution in [2.24, 2.45) is 0 Å². The number of anilines is 1. The molecule has 16 nitrogen and oxygen atoms in total. The predicted octanol–water partition coefficient (Wildman–Crippen LogP) is -0.712. The highest BCUT2D eigenvalue weighted by Crippen LogP contribution is 2.62. The molecule has 2 aromatic heterocycles. The highest BCUT2D eigenvalue weighted by molar-refractivity contribution is 7.64. The van der Waals surface area contributed by atoms with Crippen molar-refractivity contribution in [3.05, 3.63) is 16.7 Å². The molecule has 1 saturated heterocycles. The van der Waals surface area contributed by atoms with Crippen LogP contribution in [0.2, 0.25) is 0 Å². The number of hydrogen-bond donors (Lipinski definition) is 5. The van der Waals surface area contributed by atoms with Gasteiger partial charge >= 0.3 is 15.4 Å². The van der Waals surface area contributed by atoms with Crippen molar-refractivity contribution < 1.29 is 47.1 Å². The third-order valence-corrected chi connectivity index (χ3v) is 8.06. The summed E-state index contributed by atoms with van der Waals surface area (Å²) in [6.45, 7) is 0.866. The molecule has 0 aromatic carbocycles. The van der Waals surface area contributed by atoms with Crippen molar-refractivity contribution in [2.75, 3.05) is 32.9 Å². The van der Waals surface area contributed by atoms with E-state index in [1.165, 1.54) is 17.8 Å². The summed E-state index contributed by atoms with van der Waals surface area (Å²) in [6, 6.07) is 0. The van der Waals surface area contributed by atoms with Crippen LogP contribution in [-0.2, 0) is 32.0 Å². The molecule has 4 unspecified atom stereocenters. The first kappa shape index (κ1) is 24.9. The first-order chi connectivity index (χ1) is 14.8. The number of imidazole rings is 1. The van der Waals surface area contributed by atoms with E-state index < -0.39 is 58.0 Å². The Hall–Kier alpha value is -1.71. The van der Waals surface area contributed by atoms with E-state index in [-0.39, 0.29) is 17.1 Å². The molecular weight excluding hydrogens is 476 g/mol. The number of nitrogens with two attached hydrogens (primary N) is 1. The second-order valence-electron chi connectivity index (χ2n) is 7.00. The number of H-pyrrole nitrogens is 1. The van der Waals surface area contributed by atoms with Gasteiger partial charge in [0.05, 0.1) is 12.9 Å². The molecular formula is C14H23N5O11P2. The second-order valence-corrected chi connectivity index (χ2v) is 10.8. The van der Waals surface area contributed by atoms with Crippen LogP contribution in [0.4, 0.5) is 5.95 Å². The zero-order valence-electron chi connectivity index (χ0n) is 17.1. The van der Waals surface area contributed by atoms with Crippen molar-refractivity contribution in [3.8, 4) is 0 Å². The normalized spacial score (nSPS) is 29.8. The molecule has 6 N–H and O–H groups in total. The maximum absolute atomic E-state index is 12.4. The van der Waals surface area contributed by atoms with Gasteiger partial charge in [-0.15, -0.1) is 0 Å². The Morgan fingerprint density at radius 1 is 1.38 bits per heavy atom. The van der Waals surface area contributed by atoms with E-state index in [2.05, 4.69) is 28.3 Å². The molecule has 2 aromatic rings. The summed E-state index contributed by atoms with van der Waals surface area (Å²) >= 11 is 0. The van der Waals surface area contributed by atoms with E-state index in [1.54, 1.807) is 0 Å². The van der Waals surface area contributed by atoms with E-state index in [0.29, 0.717) is 0 Å². The van der Waals surface area contributed by atoms with Crippen LogP contribution >= 0.6 is 15.4 Å². The Morgan fingerprint density at radius 3 is 2.69 bits per heavy atom. The lowest BCUT2D eigenvalue weighted by Crippen LogP contribution is -2.44. The molecule has 0 bridgehead atoms. The molecule has 18 heteroatoms. The molecule has 1 aliphatic rings. The van der Waals surface area contributed by atoms with E-state index in [0.717, 1.165) is 14.2 Å². The van der Waals surface area contributed by atoms with Crippen LogP contribution in [0, 0.1) is 0 Å². The van der Waals surface area contributed by atoms with Gasteiger partial charge in [-0.25, -0.2) is 13.9 Å². The summed E-state index contributed by atoms with van der Waals surface area (Å²) in [4.78, 5) is 31.5. The molecule has 0 radical (unpaired) electrons. The van der Waals surface area contributed by atoms with Gasteiger partial charge in [0.2, 0.25) is 5.95 Å². The molecule has 0 spiro atoms. The summed E-state index contributed by atoms with van der Waals surface area (Å²) in [5, 5.41) is 21.4. The molecule has 180 valence electrons. The second kappa shape index (κ2) is 8.91. The van der Waals surface area contributed by atoms with Crippen LogP contribution in [0.15, 0.2) is 11.1 Å². The summed E-state index contributed by atoms with van der Waals surface area (Å²) in [5.41, 5.74) is 3.04. The molecule has 3 heterocycles. The van der Waals surface area contributed by atoms with Gasteiger partial charge in [0, 0.05) is 14.2 Å². The largest absolute Gasteiger partial charge is 0.479 e. The molecule has 0 aliphatic carbocycles. The third kappa shape index (κ3) is 4.79. The fourth-order valence-corrected chi connectivity index (χ4v) is 5.49. The van der Waals surface area contributed by atoms with E-state index in [1.807, 2.05) is 0 Å². The van der Waals surface area contributed by atoms with Crippen LogP contribution < -0.4 is 11.3 Å². The van der Waals surface area contributed by atoms with Crippen molar-refractivity contribution in [1.82, 2.24) is 19.5 Å². The van der Waals surface area contributed by atoms with Crippen LogP contribution in [-0.4, -0.2) is 79.6 Å². The van der Waals surface area contributed by atoms with Gasteiger partial charge in [-0.05, 0) is 6.92 Å². The fourth-order valence-electron chi connectivity index (χ4n) is 3.07. The monoisotopic (exact) mass is 499 g/mol. The van der Waals surface area contributed by atoms with Crippen LogP contribution in [0.1, 0.15) is 13.2 Å². The summed E-state index contributed by atoms with van der Waals surface area (Å²) < 4.78 is 49.4. The smallest absolute Gasteiger partial charge is 0.387 e. The van der Waals surface area contributed by atoms with Gasteiger partial charge in [0.15, 0.2) is 17.4 Å². The average Bonchev–Trinajstić information content (AvgIpc) is 3.21. The number of aromatic nitrogens is 4. The number of ether oxygens (including phenoxy) is 2. The Balaban J connectivity index is 1.76. The SMILES string of the molecule is COP(=O)(O)OP(=O)(COC[C@H]1O[C@@H](n2cnc3c(=O)[nH]c(N)nc32)C(C)(O)C1O)OC. The van der Waals surface area contributed by atoms with E-state index >= 15 is 0 Å². The number of aliphatic hydroxyl groups is 2. The number of phosphoric ester groups is 1. The summed E-state index contributed by atoms with van der Waals surface area (Å²) in [6.07, 6.45) is -3.49. The third-order valence-electron chi connectivity index (χ3n) is 4.73. The zero-order chi connectivity index (χ0) is 23.9. The minimum atomic E-state index is -4.63. The molecule has 0 saturated carbocycles. The standard InChI is InChI=1S/C14H23N5O11P2/c1-14(22)9(20)7(4-28-6-31(23,26-2)30-32(24,25)27-3)29-12(14)19-5-16-8-10(19)17-13(15)18-11(8)21/h5,7,9,12,20,22H,4,6H2,1-3H3,(H,24,25)(H3,15,17,18,21)/t7-,9?,12-,14?,31?/m1/s1. The molecule has 0 amide bonds. The fraction of sp³-hybridized carbons (Fsp3) is 0.643. The Kier molecular flexibility index (Phi) is 6.94. The Labute approximate surface area is 180 Å². The number of hydrogen-bond acceptors (Lipinski definition) is 13. The van der Waals surface area contributed by atoms with Crippen LogP contribution in [0.5, 0.6) is 0 Å². The molecule has 6 atom stereocenters. The average molecular weight is 499 g/mol. The number of rotatable bonds is 9. The summed E-state index contributed by atoms with van der Waals surface area (Å²) in [7, 11) is -6.96. The van der Waals surface area contributed by atoms with Crippen LogP contribution in [0.25, 0.3) is 11.2 Å². The maximum atomic E-state index is 12.4. The van der Waals surface area contributed by atoms with Gasteiger partial charge in [-0.3, -0.25) is 23.4 Å². The number of nitrogen functional groups attached to an aromatic ring is 1. The molecule has 32 heavy (non-hydrogen) atoms. The van der Waals surface area contributed by atoms with Gasteiger partial charge in [-0.1, -0.05) is 0 Å². The van der Waals surface area contributed by atoms with Crippen molar-refractivity contribution in [2.45, 2.75) is 31.0 Å². The lowest BCUT2D eigenvalue weighted by molar-refractivity contribution is -0.0959. The van der Waals surface area contributed by atoms with Crippen LogP contribution in [0.3, 0.4) is 0 Å². The van der Waals surface area contributed by atoms with E-state index in [4.69, 9.17) is 15.2 Å². The molecule has 1 aliphatic heterocycles. The number of nitrogens with zero attached hydrogens (tertiary/aromatic N) is 3. The lowest BCUT2D eigenvalue weighted by Gasteiger charge is -2.27. The quantitative estimate of drug-likeness (QED) is 0.268. The molecule has 1 fully saturated rings. The minimum absolute atomic E-state index is 0.0147. The van der Waals surface area contributed by atoms with Gasteiger partial charge in [0.1, 0.15) is 24.2 Å². The highest BCUT2D eigenvalue weighted by Gasteiger charge is 2.53. The lowest BCUT2D eigenvalue weighted by atomic mass is 9.96. The first-order valence-electron chi connectivity index (χ1n) is 8.94. The predicted molar refractivity (Wildman–Crippen MR) is 106 cm³/mol. The molecule has 3 rings (SSSR count). The Bertz CT molecular complexity index is 1130. The van der Waals surface area contributed by atoms with E-state index in [9.17, 15) is 29.0 Å². The number of phosphoric acid groups is 1. The minimum Gasteiger partial charge on any atom is -0.387 e. The highest BCUT2D eigenvalue weighted by atomic mass is 31.3. The van der Waals surface area contributed by atoms with Gasteiger partial charge in [0.25, 0.3) is 5.56 Å². The first-order valence-corrected chi connectivity index (χ1v) is 12.2. The number of fused-ring (bicyclic) bond motifs is 1. The topological polar surface area (TPSA) is 231 Å².